The van der Waals surface area contributed by atoms with Gasteiger partial charge in [0.15, 0.2) is 0 Å². The topological polar surface area (TPSA) is 24.9 Å². The molecule has 18 heavy (non-hydrogen) atoms. The van der Waals surface area contributed by atoms with E-state index in [0.29, 0.717) is 6.04 Å². The van der Waals surface area contributed by atoms with Crippen LogP contribution in [0.25, 0.3) is 10.6 Å². The zero-order valence-corrected chi connectivity index (χ0v) is 11.5. The van der Waals surface area contributed by atoms with Crippen molar-refractivity contribution in [3.05, 3.63) is 40.9 Å². The molecule has 2 aromatic rings. The summed E-state index contributed by atoms with van der Waals surface area (Å²) < 4.78 is 0. The highest BCUT2D eigenvalue weighted by Gasteiger charge is 2.16. The van der Waals surface area contributed by atoms with Gasteiger partial charge in [-0.15, -0.1) is 11.3 Å². The van der Waals surface area contributed by atoms with Gasteiger partial charge in [-0.3, -0.25) is 0 Å². The van der Waals surface area contributed by atoms with Gasteiger partial charge < -0.3 is 5.32 Å². The molecule has 0 spiro atoms. The Morgan fingerprint density at radius 1 is 1.33 bits per heavy atom. The van der Waals surface area contributed by atoms with Gasteiger partial charge in [-0.1, -0.05) is 29.8 Å². The van der Waals surface area contributed by atoms with Crippen molar-refractivity contribution < 1.29 is 0 Å². The van der Waals surface area contributed by atoms with Gasteiger partial charge in [-0.05, 0) is 26.3 Å². The van der Waals surface area contributed by atoms with Crippen molar-refractivity contribution in [2.24, 2.45) is 0 Å². The van der Waals surface area contributed by atoms with E-state index in [-0.39, 0.29) is 0 Å². The molecule has 1 aromatic heterocycles. The van der Waals surface area contributed by atoms with Gasteiger partial charge in [0, 0.05) is 23.4 Å². The van der Waals surface area contributed by atoms with Crippen molar-refractivity contribution >= 4 is 11.3 Å². The van der Waals surface area contributed by atoms with E-state index in [0.717, 1.165) is 11.4 Å². The van der Waals surface area contributed by atoms with Crippen molar-refractivity contribution in [2.75, 3.05) is 6.54 Å². The summed E-state index contributed by atoms with van der Waals surface area (Å²) in [5.74, 6) is 0. The highest BCUT2D eigenvalue weighted by Crippen LogP contribution is 2.25. The van der Waals surface area contributed by atoms with Gasteiger partial charge >= 0.3 is 0 Å². The normalized spacial score (nSPS) is 19.3. The second-order valence-electron chi connectivity index (χ2n) is 5.01. The van der Waals surface area contributed by atoms with E-state index in [9.17, 15) is 0 Å². The molecule has 2 nitrogen and oxygen atoms in total. The van der Waals surface area contributed by atoms with E-state index in [1.807, 2.05) is 0 Å². The average Bonchev–Trinajstić information content (AvgIpc) is 3.02. The van der Waals surface area contributed by atoms with Crippen LogP contribution in [0.4, 0.5) is 0 Å². The van der Waals surface area contributed by atoms with E-state index >= 15 is 0 Å². The van der Waals surface area contributed by atoms with Crippen molar-refractivity contribution in [1.82, 2.24) is 10.3 Å². The van der Waals surface area contributed by atoms with Crippen molar-refractivity contribution in [2.45, 2.75) is 32.2 Å². The lowest BCUT2D eigenvalue weighted by molar-refractivity contribution is 0.597. The second kappa shape index (κ2) is 5.21. The van der Waals surface area contributed by atoms with Crippen LogP contribution in [0.15, 0.2) is 29.6 Å². The minimum absolute atomic E-state index is 0.637. The predicted molar refractivity (Wildman–Crippen MR) is 77.0 cm³/mol. The Labute approximate surface area is 112 Å². The number of hydrogen-bond donors (Lipinski definition) is 1. The number of thiazole rings is 1. The minimum atomic E-state index is 0.637. The summed E-state index contributed by atoms with van der Waals surface area (Å²) in [4.78, 5) is 4.75. The average molecular weight is 258 g/mol. The summed E-state index contributed by atoms with van der Waals surface area (Å²) in [7, 11) is 0. The highest BCUT2D eigenvalue weighted by atomic mass is 32.1. The first kappa shape index (κ1) is 11.9. The molecule has 1 fully saturated rings. The third kappa shape index (κ3) is 2.62. The lowest BCUT2D eigenvalue weighted by Crippen LogP contribution is -2.23. The van der Waals surface area contributed by atoms with Gasteiger partial charge in [0.25, 0.3) is 0 Å². The molecule has 94 valence electrons. The molecule has 0 bridgehead atoms. The monoisotopic (exact) mass is 258 g/mol. The molecule has 3 heteroatoms. The van der Waals surface area contributed by atoms with Crippen molar-refractivity contribution in [1.29, 1.82) is 0 Å². The maximum Gasteiger partial charge on any atom is 0.123 e. The Morgan fingerprint density at radius 3 is 2.89 bits per heavy atom. The predicted octanol–water partition coefficient (Wildman–Crippen LogP) is 3.41. The molecule has 1 N–H and O–H groups in total. The fraction of sp³-hybridized carbons (Fsp3) is 0.400. The largest absolute Gasteiger partial charge is 0.314 e. The maximum atomic E-state index is 4.75. The number of nitrogens with one attached hydrogen (secondary N) is 1. The molecule has 1 aliphatic heterocycles. The molecule has 1 unspecified atom stereocenters. The van der Waals surface area contributed by atoms with Crippen LogP contribution in [0.5, 0.6) is 0 Å². The zero-order chi connectivity index (χ0) is 12.4. The first-order valence-corrected chi connectivity index (χ1v) is 7.44. The van der Waals surface area contributed by atoms with Crippen LogP contribution in [0.3, 0.4) is 0 Å². The smallest absolute Gasteiger partial charge is 0.123 e. The van der Waals surface area contributed by atoms with Crippen LogP contribution in [-0.4, -0.2) is 17.6 Å². The summed E-state index contributed by atoms with van der Waals surface area (Å²) in [5.41, 5.74) is 3.76. The molecular formula is C15H18N2S. The molecule has 1 atom stereocenters. The van der Waals surface area contributed by atoms with Crippen LogP contribution < -0.4 is 5.32 Å². The van der Waals surface area contributed by atoms with Crippen LogP contribution in [0, 0.1) is 6.92 Å². The lowest BCUT2D eigenvalue weighted by Gasteiger charge is -2.06. The summed E-state index contributed by atoms with van der Waals surface area (Å²) in [6, 6.07) is 9.25. The third-order valence-corrected chi connectivity index (χ3v) is 4.41. The van der Waals surface area contributed by atoms with Crippen LogP contribution in [-0.2, 0) is 6.42 Å². The Kier molecular flexibility index (Phi) is 3.43. The molecule has 1 aliphatic rings. The summed E-state index contributed by atoms with van der Waals surface area (Å²) >= 11 is 1.75. The lowest BCUT2D eigenvalue weighted by atomic mass is 10.1. The number of aromatic nitrogens is 1. The number of rotatable bonds is 3. The summed E-state index contributed by atoms with van der Waals surface area (Å²) in [5, 5.41) is 6.87. The van der Waals surface area contributed by atoms with Gasteiger partial charge in [0.05, 0.1) is 5.69 Å². The third-order valence-electron chi connectivity index (χ3n) is 3.47. The maximum absolute atomic E-state index is 4.75. The van der Waals surface area contributed by atoms with Crippen molar-refractivity contribution in [3.8, 4) is 10.6 Å². The number of hydrogen-bond acceptors (Lipinski definition) is 3. The Morgan fingerprint density at radius 2 is 2.17 bits per heavy atom. The second-order valence-corrected chi connectivity index (χ2v) is 5.87. The van der Waals surface area contributed by atoms with Gasteiger partial charge in [0.1, 0.15) is 5.01 Å². The molecule has 0 radical (unpaired) electrons. The Hall–Kier alpha value is -1.19. The van der Waals surface area contributed by atoms with Crippen LogP contribution in [0.2, 0.25) is 0 Å². The van der Waals surface area contributed by atoms with Crippen molar-refractivity contribution in [3.63, 3.8) is 0 Å². The Balaban J connectivity index is 1.74. The number of benzene rings is 1. The Bertz CT molecular complexity index is 510. The van der Waals surface area contributed by atoms with Gasteiger partial charge in [0.2, 0.25) is 0 Å². The molecule has 0 saturated carbocycles. The number of nitrogens with zero attached hydrogens (tertiary/aromatic N) is 1. The fourth-order valence-corrected chi connectivity index (χ4v) is 3.25. The van der Waals surface area contributed by atoms with Gasteiger partial charge in [-0.25, -0.2) is 4.98 Å². The molecular weight excluding hydrogens is 240 g/mol. The first-order chi connectivity index (χ1) is 8.81. The van der Waals surface area contributed by atoms with E-state index in [1.54, 1.807) is 11.3 Å². The molecule has 1 saturated heterocycles. The molecule has 2 heterocycles. The van der Waals surface area contributed by atoms with E-state index in [4.69, 9.17) is 4.98 Å². The van der Waals surface area contributed by atoms with Crippen LogP contribution >= 0.6 is 11.3 Å². The highest BCUT2D eigenvalue weighted by molar-refractivity contribution is 7.13. The van der Waals surface area contributed by atoms with E-state index in [1.165, 1.54) is 36.2 Å². The first-order valence-electron chi connectivity index (χ1n) is 6.56. The van der Waals surface area contributed by atoms with E-state index in [2.05, 4.69) is 41.9 Å². The van der Waals surface area contributed by atoms with Crippen LogP contribution in [0.1, 0.15) is 24.1 Å². The molecule has 0 aliphatic carbocycles. The van der Waals surface area contributed by atoms with E-state index < -0.39 is 0 Å². The SMILES string of the molecule is Cc1ccc(-c2nc(CC3CCCN3)cs2)cc1. The summed E-state index contributed by atoms with van der Waals surface area (Å²) in [6.07, 6.45) is 3.67. The quantitative estimate of drug-likeness (QED) is 0.912. The zero-order valence-electron chi connectivity index (χ0n) is 10.6. The molecule has 3 rings (SSSR count). The summed E-state index contributed by atoms with van der Waals surface area (Å²) in [6.45, 7) is 3.28. The molecule has 1 aromatic carbocycles. The number of aryl methyl sites for hydroxylation is 1. The standard InChI is InChI=1S/C15H18N2S/c1-11-4-6-12(7-5-11)15-17-14(10-18-15)9-13-3-2-8-16-13/h4-7,10,13,16H,2-3,8-9H2,1H3. The fourth-order valence-electron chi connectivity index (χ4n) is 2.41. The minimum Gasteiger partial charge on any atom is -0.314 e. The van der Waals surface area contributed by atoms with Gasteiger partial charge in [-0.2, -0.15) is 0 Å². The molecule has 0 amide bonds.